The normalized spacial score (nSPS) is 10.2. The molecule has 0 aliphatic carbocycles. The summed E-state index contributed by atoms with van der Waals surface area (Å²) in [7, 11) is 2.52. The summed E-state index contributed by atoms with van der Waals surface area (Å²) >= 11 is 0. The van der Waals surface area contributed by atoms with E-state index in [-0.39, 0.29) is 0 Å². The maximum Gasteiger partial charge on any atom is 0.373 e. The fourth-order valence-corrected chi connectivity index (χ4v) is 2.19. The van der Waals surface area contributed by atoms with Crippen LogP contribution in [-0.2, 0) is 26.0 Å². The fourth-order valence-electron chi connectivity index (χ4n) is 2.19. The van der Waals surface area contributed by atoms with Gasteiger partial charge in [0.25, 0.3) is 0 Å². The summed E-state index contributed by atoms with van der Waals surface area (Å²) in [5.41, 5.74) is 2.13. The van der Waals surface area contributed by atoms with Crippen LogP contribution in [0.4, 0.5) is 0 Å². The maximum absolute atomic E-state index is 11.9. The van der Waals surface area contributed by atoms with Crippen LogP contribution in [0.1, 0.15) is 31.8 Å². The molecule has 0 heterocycles. The molecule has 0 saturated heterocycles. The molecule has 0 radical (unpaired) electrons. The first kappa shape index (κ1) is 16.7. The Morgan fingerprint density at radius 2 is 1.13 bits per heavy atom. The van der Waals surface area contributed by atoms with Gasteiger partial charge in [-0.2, -0.15) is 9.78 Å². The molecule has 0 aromatic heterocycles. The molecule has 0 bridgehead atoms. The number of carbonyl (C=O) groups is 2. The van der Waals surface area contributed by atoms with Crippen molar-refractivity contribution in [3.63, 3.8) is 0 Å². The Bertz CT molecular complexity index is 635. The summed E-state index contributed by atoms with van der Waals surface area (Å²) in [5.74, 6) is -1.19. The Kier molecular flexibility index (Phi) is 5.85. The molecular weight excluding hydrogens is 300 g/mol. The van der Waals surface area contributed by atoms with Gasteiger partial charge in [-0.3, -0.25) is 9.78 Å². The van der Waals surface area contributed by atoms with Crippen molar-refractivity contribution in [2.75, 3.05) is 14.2 Å². The van der Waals surface area contributed by atoms with Crippen molar-refractivity contribution in [2.45, 2.75) is 6.42 Å². The second kappa shape index (κ2) is 8.07. The second-order valence-corrected chi connectivity index (χ2v) is 4.57. The highest BCUT2D eigenvalue weighted by atomic mass is 17.2. The highest BCUT2D eigenvalue weighted by Gasteiger charge is 2.17. The van der Waals surface area contributed by atoms with Crippen LogP contribution in [0, 0.1) is 0 Å². The molecule has 0 atom stereocenters. The summed E-state index contributed by atoms with van der Waals surface area (Å²) in [6.45, 7) is 0. The van der Waals surface area contributed by atoms with E-state index in [9.17, 15) is 9.59 Å². The number of rotatable bonds is 6. The fraction of sp³-hybridized carbons (Fsp3) is 0.176. The lowest BCUT2D eigenvalue weighted by molar-refractivity contribution is -0.216. The zero-order valence-corrected chi connectivity index (χ0v) is 12.8. The third-order valence-electron chi connectivity index (χ3n) is 3.17. The van der Waals surface area contributed by atoms with E-state index in [4.69, 9.17) is 0 Å². The molecule has 0 aliphatic rings. The van der Waals surface area contributed by atoms with Crippen LogP contribution in [0.5, 0.6) is 0 Å². The van der Waals surface area contributed by atoms with Crippen LogP contribution in [0.2, 0.25) is 0 Å². The quantitative estimate of drug-likeness (QED) is 0.603. The minimum absolute atomic E-state index is 0.351. The van der Waals surface area contributed by atoms with Gasteiger partial charge in [0.05, 0.1) is 25.3 Å². The first-order chi connectivity index (χ1) is 11.2. The van der Waals surface area contributed by atoms with Gasteiger partial charge in [-0.15, -0.1) is 0 Å². The van der Waals surface area contributed by atoms with Gasteiger partial charge in [-0.05, 0) is 29.7 Å². The Balaban J connectivity index is 2.33. The summed E-state index contributed by atoms with van der Waals surface area (Å²) in [5, 5.41) is 0. The molecule has 120 valence electrons. The third kappa shape index (κ3) is 4.15. The molecule has 2 aromatic carbocycles. The molecule has 0 saturated carbocycles. The van der Waals surface area contributed by atoms with Gasteiger partial charge in [-0.25, -0.2) is 9.59 Å². The topological polar surface area (TPSA) is 71.1 Å². The average Bonchev–Trinajstić information content (AvgIpc) is 2.56. The van der Waals surface area contributed by atoms with E-state index in [0.29, 0.717) is 28.7 Å². The van der Waals surface area contributed by atoms with E-state index < -0.39 is 11.9 Å². The molecule has 0 aliphatic heterocycles. The Morgan fingerprint density at radius 1 is 0.739 bits per heavy atom. The predicted octanol–water partition coefficient (Wildman–Crippen LogP) is 2.71. The molecule has 6 heteroatoms. The van der Waals surface area contributed by atoms with E-state index in [1.54, 1.807) is 48.5 Å². The zero-order chi connectivity index (χ0) is 16.7. The molecule has 2 rings (SSSR count). The second-order valence-electron chi connectivity index (χ2n) is 4.57. The predicted molar refractivity (Wildman–Crippen MR) is 80.5 cm³/mol. The van der Waals surface area contributed by atoms with Crippen LogP contribution in [0.3, 0.4) is 0 Å². The van der Waals surface area contributed by atoms with E-state index >= 15 is 0 Å². The molecule has 2 aromatic rings. The van der Waals surface area contributed by atoms with E-state index in [1.165, 1.54) is 14.2 Å². The Morgan fingerprint density at radius 3 is 1.52 bits per heavy atom. The standard InChI is InChI=1S/C17H16O6/c1-20-22-16(18)14-9-5-3-7-12(14)11-13-8-4-6-10-15(13)17(19)23-21-2/h3-10H,11H2,1-2H3. The molecule has 0 fully saturated rings. The number of carbonyl (C=O) groups excluding carboxylic acids is 2. The van der Waals surface area contributed by atoms with Gasteiger partial charge in [0, 0.05) is 0 Å². The summed E-state index contributed by atoms with van der Waals surface area (Å²) in [6, 6.07) is 13.9. The van der Waals surface area contributed by atoms with E-state index in [1.807, 2.05) is 0 Å². The molecule has 0 N–H and O–H groups in total. The zero-order valence-electron chi connectivity index (χ0n) is 12.8. The Labute approximate surface area is 133 Å². The van der Waals surface area contributed by atoms with Gasteiger partial charge in [0.1, 0.15) is 0 Å². The summed E-state index contributed by atoms with van der Waals surface area (Å²) in [4.78, 5) is 41.8. The van der Waals surface area contributed by atoms with E-state index in [2.05, 4.69) is 19.6 Å². The van der Waals surface area contributed by atoms with Gasteiger partial charge in [0.2, 0.25) is 0 Å². The highest BCUT2D eigenvalue weighted by Crippen LogP contribution is 2.19. The first-order valence-corrected chi connectivity index (χ1v) is 6.83. The molecular formula is C17H16O6. The molecule has 6 nitrogen and oxygen atoms in total. The molecule has 0 amide bonds. The van der Waals surface area contributed by atoms with Gasteiger partial charge >= 0.3 is 11.9 Å². The SMILES string of the molecule is COOC(=O)c1ccccc1Cc1ccccc1C(=O)OOC. The number of hydrogen-bond donors (Lipinski definition) is 0. The van der Waals surface area contributed by atoms with Crippen molar-refractivity contribution in [1.29, 1.82) is 0 Å². The van der Waals surface area contributed by atoms with Gasteiger partial charge < -0.3 is 0 Å². The molecule has 0 unspecified atom stereocenters. The lowest BCUT2D eigenvalue weighted by Gasteiger charge is -2.10. The lowest BCUT2D eigenvalue weighted by Crippen LogP contribution is -2.11. The van der Waals surface area contributed by atoms with Crippen LogP contribution in [0.15, 0.2) is 48.5 Å². The van der Waals surface area contributed by atoms with Crippen molar-refractivity contribution in [1.82, 2.24) is 0 Å². The minimum atomic E-state index is -0.597. The van der Waals surface area contributed by atoms with Crippen molar-refractivity contribution in [3.8, 4) is 0 Å². The smallest absolute Gasteiger partial charge is 0.293 e. The summed E-state index contributed by atoms with van der Waals surface area (Å²) in [6.07, 6.45) is 0.351. The summed E-state index contributed by atoms with van der Waals surface area (Å²) < 4.78 is 0. The first-order valence-electron chi connectivity index (χ1n) is 6.83. The van der Waals surface area contributed by atoms with Crippen LogP contribution < -0.4 is 0 Å². The van der Waals surface area contributed by atoms with Crippen molar-refractivity contribution < 1.29 is 29.1 Å². The molecule has 23 heavy (non-hydrogen) atoms. The van der Waals surface area contributed by atoms with E-state index in [0.717, 1.165) is 0 Å². The number of benzene rings is 2. The Hall–Kier alpha value is -2.70. The van der Waals surface area contributed by atoms with Gasteiger partial charge in [0.15, 0.2) is 0 Å². The average molecular weight is 316 g/mol. The molecule has 0 spiro atoms. The minimum Gasteiger partial charge on any atom is -0.293 e. The maximum atomic E-state index is 11.9. The van der Waals surface area contributed by atoms with Gasteiger partial charge in [-0.1, -0.05) is 36.4 Å². The lowest BCUT2D eigenvalue weighted by atomic mass is 9.96. The van der Waals surface area contributed by atoms with Crippen molar-refractivity contribution in [3.05, 3.63) is 70.8 Å². The monoisotopic (exact) mass is 316 g/mol. The van der Waals surface area contributed by atoms with Crippen molar-refractivity contribution in [2.24, 2.45) is 0 Å². The van der Waals surface area contributed by atoms with Crippen LogP contribution >= 0.6 is 0 Å². The van der Waals surface area contributed by atoms with Crippen molar-refractivity contribution >= 4 is 11.9 Å². The van der Waals surface area contributed by atoms with Crippen LogP contribution in [0.25, 0.3) is 0 Å². The third-order valence-corrected chi connectivity index (χ3v) is 3.17. The largest absolute Gasteiger partial charge is 0.373 e. The number of hydrogen-bond acceptors (Lipinski definition) is 6. The highest BCUT2D eigenvalue weighted by molar-refractivity contribution is 5.92. The van der Waals surface area contributed by atoms with Crippen LogP contribution in [-0.4, -0.2) is 26.2 Å².